The summed E-state index contributed by atoms with van der Waals surface area (Å²) in [6.07, 6.45) is 6.55. The number of imidazole rings is 1. The van der Waals surface area contributed by atoms with Crippen molar-refractivity contribution >= 4 is 34.3 Å². The Bertz CT molecular complexity index is 2410. The lowest BCUT2D eigenvalue weighted by molar-refractivity contribution is -0.142. The van der Waals surface area contributed by atoms with Crippen molar-refractivity contribution in [2.24, 2.45) is 7.05 Å². The van der Waals surface area contributed by atoms with Gasteiger partial charge < -0.3 is 14.8 Å². The van der Waals surface area contributed by atoms with Crippen LogP contribution >= 0.6 is 0 Å². The molecule has 0 aliphatic carbocycles. The Labute approximate surface area is 307 Å². The van der Waals surface area contributed by atoms with Crippen LogP contribution in [0.25, 0.3) is 10.9 Å². The lowest BCUT2D eigenvalue weighted by Gasteiger charge is -2.40. The fourth-order valence-electron chi connectivity index (χ4n) is 7.66. The molecule has 3 amide bonds. The van der Waals surface area contributed by atoms with Crippen LogP contribution in [0.4, 0.5) is 18.9 Å². The number of fused-ring (bicyclic) bond motifs is 2. The van der Waals surface area contributed by atoms with Gasteiger partial charge in [0, 0.05) is 85.9 Å². The fourth-order valence-corrected chi connectivity index (χ4v) is 7.66. The number of pyridine rings is 2. The number of benzene rings is 2. The topological polar surface area (TPSA) is 131 Å². The summed E-state index contributed by atoms with van der Waals surface area (Å²) in [6, 6.07) is 12.2. The van der Waals surface area contributed by atoms with Crippen molar-refractivity contribution in [3.63, 3.8) is 0 Å². The van der Waals surface area contributed by atoms with Gasteiger partial charge in [-0.3, -0.25) is 33.9 Å². The monoisotopic (exact) mass is 733 g/mol. The first-order valence-corrected chi connectivity index (χ1v) is 17.4. The molecule has 0 saturated carbocycles. The molecule has 6 aromatic rings. The molecule has 0 spiro atoms. The number of nitrogens with zero attached hydrogens (tertiary/aromatic N) is 8. The summed E-state index contributed by atoms with van der Waals surface area (Å²) >= 11 is 0. The third kappa shape index (κ3) is 6.04. The molecule has 0 radical (unpaired) electrons. The Hall–Kier alpha value is -6.38. The first-order chi connectivity index (χ1) is 26.0. The number of aromatic nitrogens is 6. The highest BCUT2D eigenvalue weighted by Gasteiger charge is 2.45. The molecule has 2 aliphatic rings. The molecular weight excluding hydrogens is 699 g/mol. The second-order valence-electron chi connectivity index (χ2n) is 13.4. The molecule has 6 heterocycles. The number of amides is 3. The number of anilines is 1. The Morgan fingerprint density at radius 2 is 1.74 bits per heavy atom. The van der Waals surface area contributed by atoms with Gasteiger partial charge in [-0.05, 0) is 59.9 Å². The molecule has 0 bridgehead atoms. The van der Waals surface area contributed by atoms with Crippen LogP contribution in [0, 0.1) is 0 Å². The molecule has 1 unspecified atom stereocenters. The highest BCUT2D eigenvalue weighted by Crippen LogP contribution is 2.46. The van der Waals surface area contributed by atoms with Crippen LogP contribution in [0.15, 0.2) is 92.0 Å². The van der Waals surface area contributed by atoms with E-state index in [1.807, 2.05) is 6.92 Å². The molecule has 4 aromatic heterocycles. The van der Waals surface area contributed by atoms with Crippen molar-refractivity contribution in [2.45, 2.75) is 44.6 Å². The van der Waals surface area contributed by atoms with Crippen LogP contribution in [0.3, 0.4) is 0 Å². The van der Waals surface area contributed by atoms with Crippen LogP contribution in [-0.4, -0.2) is 71.1 Å². The van der Waals surface area contributed by atoms with E-state index in [1.165, 1.54) is 18.1 Å². The first-order valence-electron chi connectivity index (χ1n) is 17.4. The van der Waals surface area contributed by atoms with Gasteiger partial charge in [0.2, 0.25) is 0 Å². The maximum atomic E-state index is 14.8. The number of carbonyl (C=O) groups excluding carboxylic acids is 3. The number of nitrogens with one attached hydrogen (secondary N) is 1. The Kier molecular flexibility index (Phi) is 8.71. The smallest absolute Gasteiger partial charge is 0.346 e. The van der Waals surface area contributed by atoms with Crippen LogP contribution in [0.1, 0.15) is 72.0 Å². The van der Waals surface area contributed by atoms with E-state index in [-0.39, 0.29) is 41.6 Å². The summed E-state index contributed by atoms with van der Waals surface area (Å²) in [6.45, 7) is 2.64. The summed E-state index contributed by atoms with van der Waals surface area (Å²) in [5, 5.41) is 7.33. The van der Waals surface area contributed by atoms with Gasteiger partial charge in [0.05, 0.1) is 35.2 Å². The van der Waals surface area contributed by atoms with Gasteiger partial charge in [-0.2, -0.15) is 18.3 Å². The molecule has 274 valence electrons. The third-order valence-electron chi connectivity index (χ3n) is 10.1. The number of rotatable bonds is 8. The zero-order chi connectivity index (χ0) is 37.7. The molecular formula is C39H34F3N9O3. The summed E-state index contributed by atoms with van der Waals surface area (Å²) in [7, 11) is 1.42. The minimum Gasteiger partial charge on any atom is -0.346 e. The first kappa shape index (κ1) is 34.7. The fraction of sp³-hybridized carbons (Fsp3) is 0.256. The van der Waals surface area contributed by atoms with Gasteiger partial charge in [-0.25, -0.2) is 4.98 Å². The zero-order valence-corrected chi connectivity index (χ0v) is 29.3. The number of hydrogen-bond acceptors (Lipinski definition) is 7. The predicted octanol–water partition coefficient (Wildman–Crippen LogP) is 5.39. The largest absolute Gasteiger partial charge is 0.435 e. The maximum absolute atomic E-state index is 14.8. The van der Waals surface area contributed by atoms with Gasteiger partial charge >= 0.3 is 6.18 Å². The second-order valence-corrected chi connectivity index (χ2v) is 13.4. The molecule has 1 atom stereocenters. The average Bonchev–Trinajstić information content (AvgIpc) is 3.82. The number of hydrogen-bond donors (Lipinski definition) is 1. The minimum atomic E-state index is -4.78. The van der Waals surface area contributed by atoms with Crippen molar-refractivity contribution in [1.82, 2.24) is 39.5 Å². The summed E-state index contributed by atoms with van der Waals surface area (Å²) < 4.78 is 46.6. The predicted molar refractivity (Wildman–Crippen MR) is 192 cm³/mol. The van der Waals surface area contributed by atoms with E-state index in [2.05, 4.69) is 20.4 Å². The molecule has 15 heteroatoms. The molecule has 1 N–H and O–H groups in total. The second kappa shape index (κ2) is 13.5. The van der Waals surface area contributed by atoms with E-state index in [0.717, 1.165) is 4.68 Å². The molecule has 1 fully saturated rings. The zero-order valence-electron chi connectivity index (χ0n) is 29.3. The lowest BCUT2D eigenvalue weighted by atomic mass is 9.85. The van der Waals surface area contributed by atoms with Gasteiger partial charge in [-0.15, -0.1) is 0 Å². The number of likely N-dealkylation sites (tertiary alicyclic amines) is 1. The maximum Gasteiger partial charge on any atom is 0.435 e. The quantitative estimate of drug-likeness (QED) is 0.222. The molecule has 8 rings (SSSR count). The van der Waals surface area contributed by atoms with E-state index in [1.54, 1.807) is 95.3 Å². The molecule has 1 saturated heterocycles. The number of alkyl halides is 3. The SMILES string of the molecule is CCc1c(Cn2ccnc2)c(C(=O)NC2CN(C(=O)c3ccncc3)C2)c2ncccc2c1N1C(=O)c2ccccc2CC1c1cn(C)nc1C(F)(F)F. The highest BCUT2D eigenvalue weighted by molar-refractivity contribution is 6.17. The molecule has 2 aromatic carbocycles. The van der Waals surface area contributed by atoms with Crippen LogP contribution in [0.5, 0.6) is 0 Å². The van der Waals surface area contributed by atoms with E-state index >= 15 is 0 Å². The number of halogens is 3. The standard InChI is InChI=1S/C39H34F3N9O3/c1-3-26-29(21-49-16-15-44-22-49)32(36(52)46-25-18-50(19-25)37(53)23-10-13-43-14-11-23)33-28(9-6-12-45-33)34(26)51-31(17-24-7-4-5-8-27(24)38(51)54)30-20-48(2)47-35(30)39(40,41)42/h4-16,20,22,25,31H,3,17-19,21H2,1-2H3,(H,46,52). The van der Waals surface area contributed by atoms with E-state index in [0.29, 0.717) is 58.4 Å². The number of aryl methyl sites for hydroxylation is 1. The van der Waals surface area contributed by atoms with Crippen LogP contribution in [-0.2, 0) is 32.6 Å². The van der Waals surface area contributed by atoms with E-state index < -0.39 is 29.7 Å². The summed E-state index contributed by atoms with van der Waals surface area (Å²) in [5.41, 5.74) is 2.38. The van der Waals surface area contributed by atoms with Gasteiger partial charge in [0.25, 0.3) is 17.7 Å². The normalized spacial score (nSPS) is 16.0. The Morgan fingerprint density at radius 3 is 2.46 bits per heavy atom. The summed E-state index contributed by atoms with van der Waals surface area (Å²) in [5.74, 6) is -1.06. The Morgan fingerprint density at radius 1 is 0.963 bits per heavy atom. The molecule has 54 heavy (non-hydrogen) atoms. The van der Waals surface area contributed by atoms with Crippen molar-refractivity contribution in [3.8, 4) is 0 Å². The van der Waals surface area contributed by atoms with Gasteiger partial charge in [-0.1, -0.05) is 25.1 Å². The van der Waals surface area contributed by atoms with Crippen molar-refractivity contribution in [3.05, 3.63) is 137 Å². The van der Waals surface area contributed by atoms with Gasteiger partial charge in [0.1, 0.15) is 0 Å². The van der Waals surface area contributed by atoms with E-state index in [9.17, 15) is 27.6 Å². The van der Waals surface area contributed by atoms with Crippen molar-refractivity contribution < 1.29 is 27.6 Å². The third-order valence-corrected chi connectivity index (χ3v) is 10.1. The van der Waals surface area contributed by atoms with Gasteiger partial charge in [0.15, 0.2) is 5.69 Å². The number of carbonyl (C=O) groups is 3. The minimum absolute atomic E-state index is 0.0943. The van der Waals surface area contributed by atoms with Crippen LogP contribution < -0.4 is 10.2 Å². The van der Waals surface area contributed by atoms with Crippen molar-refractivity contribution in [2.75, 3.05) is 18.0 Å². The lowest BCUT2D eigenvalue weighted by Crippen LogP contribution is -2.61. The summed E-state index contributed by atoms with van der Waals surface area (Å²) in [4.78, 5) is 58.2. The molecule has 12 nitrogen and oxygen atoms in total. The van der Waals surface area contributed by atoms with Crippen LogP contribution in [0.2, 0.25) is 0 Å². The highest BCUT2D eigenvalue weighted by atomic mass is 19.4. The van der Waals surface area contributed by atoms with E-state index in [4.69, 9.17) is 4.98 Å². The molecule has 2 aliphatic heterocycles. The average molecular weight is 734 g/mol. The Balaban J connectivity index is 1.28. The van der Waals surface area contributed by atoms with Crippen molar-refractivity contribution in [1.29, 1.82) is 0 Å².